The zero-order chi connectivity index (χ0) is 23.6. The first-order chi connectivity index (χ1) is 15.2. The molecule has 0 bridgehead atoms. The lowest BCUT2D eigenvalue weighted by atomic mass is 10.1. The summed E-state index contributed by atoms with van der Waals surface area (Å²) in [6, 6.07) is 10.8. The van der Waals surface area contributed by atoms with Gasteiger partial charge in [0.05, 0.1) is 29.2 Å². The van der Waals surface area contributed by atoms with Crippen molar-refractivity contribution in [3.05, 3.63) is 59.7 Å². The van der Waals surface area contributed by atoms with Crippen LogP contribution in [0.1, 0.15) is 15.9 Å². The summed E-state index contributed by atoms with van der Waals surface area (Å²) >= 11 is 1.10. The number of hydrogen-bond acceptors (Lipinski definition) is 6. The Labute approximate surface area is 186 Å². The van der Waals surface area contributed by atoms with E-state index in [9.17, 15) is 27.6 Å². The molecule has 11 heteroatoms. The van der Waals surface area contributed by atoms with Crippen molar-refractivity contribution in [1.29, 1.82) is 0 Å². The fraction of sp³-hybridized carbons (Fsp3) is 0.286. The fourth-order valence-electron chi connectivity index (χ4n) is 2.48. The van der Waals surface area contributed by atoms with Crippen LogP contribution < -0.4 is 10.6 Å². The minimum atomic E-state index is -4.65. The Hall–Kier alpha value is -3.05. The van der Waals surface area contributed by atoms with Crippen LogP contribution in [0.25, 0.3) is 0 Å². The summed E-state index contributed by atoms with van der Waals surface area (Å²) in [7, 11) is 1.51. The molecule has 2 amide bonds. The van der Waals surface area contributed by atoms with Crippen molar-refractivity contribution in [1.82, 2.24) is 5.32 Å². The largest absolute Gasteiger partial charge is 0.452 e. The number of methoxy groups -OCH3 is 1. The summed E-state index contributed by atoms with van der Waals surface area (Å²) in [5.74, 6) is -1.97. The van der Waals surface area contributed by atoms with Gasteiger partial charge in [0, 0.05) is 18.6 Å². The number of nitrogens with one attached hydrogen (secondary N) is 2. The van der Waals surface area contributed by atoms with Gasteiger partial charge < -0.3 is 20.1 Å². The number of thioether (sulfide) groups is 1. The standard InChI is InChI=1S/C21H21F3N2O5S/c1-30-11-10-25-19(28)13-32-17-9-5-2-6-14(17)20(29)31-12-18(27)26-16-8-4-3-7-15(16)21(22,23)24/h2-9H,10-13H2,1H3,(H,25,28)(H,26,27). The van der Waals surface area contributed by atoms with Gasteiger partial charge in [-0.2, -0.15) is 13.2 Å². The maximum absolute atomic E-state index is 13.0. The minimum Gasteiger partial charge on any atom is -0.452 e. The number of amides is 2. The second-order valence-electron chi connectivity index (χ2n) is 6.30. The molecule has 0 fully saturated rings. The molecular formula is C21H21F3N2O5S. The lowest BCUT2D eigenvalue weighted by molar-refractivity contribution is -0.137. The Morgan fingerprint density at radius 3 is 2.41 bits per heavy atom. The zero-order valence-corrected chi connectivity index (χ0v) is 17.8. The molecule has 0 spiro atoms. The molecule has 0 aliphatic rings. The average molecular weight is 470 g/mol. The molecule has 32 heavy (non-hydrogen) atoms. The molecule has 0 radical (unpaired) electrons. The number of ether oxygens (including phenoxy) is 2. The van der Waals surface area contributed by atoms with E-state index in [0.717, 1.165) is 23.9 Å². The van der Waals surface area contributed by atoms with Gasteiger partial charge in [-0.1, -0.05) is 24.3 Å². The molecule has 7 nitrogen and oxygen atoms in total. The molecule has 0 atom stereocenters. The number of rotatable bonds is 10. The first-order valence-electron chi connectivity index (χ1n) is 9.33. The number of hydrogen-bond donors (Lipinski definition) is 2. The van der Waals surface area contributed by atoms with Crippen LogP contribution in [0.4, 0.5) is 18.9 Å². The van der Waals surface area contributed by atoms with Crippen LogP contribution in [-0.2, 0) is 25.2 Å². The predicted molar refractivity (Wildman–Crippen MR) is 112 cm³/mol. The van der Waals surface area contributed by atoms with Crippen LogP contribution in [0.5, 0.6) is 0 Å². The molecule has 0 saturated carbocycles. The lowest BCUT2D eigenvalue weighted by Gasteiger charge is -2.14. The topological polar surface area (TPSA) is 93.7 Å². The van der Waals surface area contributed by atoms with E-state index in [-0.39, 0.29) is 17.2 Å². The Kier molecular flexibility index (Phi) is 9.54. The van der Waals surface area contributed by atoms with E-state index in [1.165, 1.54) is 25.3 Å². The predicted octanol–water partition coefficient (Wildman–Crippen LogP) is 3.36. The molecule has 0 saturated heterocycles. The molecule has 172 valence electrons. The summed E-state index contributed by atoms with van der Waals surface area (Å²) in [4.78, 5) is 36.7. The van der Waals surface area contributed by atoms with Crippen LogP contribution >= 0.6 is 11.8 Å². The molecule has 0 heterocycles. The molecule has 0 aliphatic heterocycles. The summed E-state index contributed by atoms with van der Waals surface area (Å²) in [6.07, 6.45) is -4.65. The van der Waals surface area contributed by atoms with Gasteiger partial charge >= 0.3 is 12.1 Å². The van der Waals surface area contributed by atoms with E-state index < -0.39 is 35.9 Å². The van der Waals surface area contributed by atoms with Crippen molar-refractivity contribution < 1.29 is 37.0 Å². The normalized spacial score (nSPS) is 11.0. The molecule has 2 aromatic rings. The van der Waals surface area contributed by atoms with Gasteiger partial charge in [-0.25, -0.2) is 4.79 Å². The molecule has 2 aromatic carbocycles. The van der Waals surface area contributed by atoms with E-state index in [2.05, 4.69) is 10.6 Å². The number of halogens is 3. The van der Waals surface area contributed by atoms with Crippen LogP contribution in [-0.4, -0.2) is 50.4 Å². The van der Waals surface area contributed by atoms with E-state index in [0.29, 0.717) is 18.0 Å². The van der Waals surface area contributed by atoms with Crippen molar-refractivity contribution in [2.24, 2.45) is 0 Å². The molecule has 0 aromatic heterocycles. The first-order valence-corrected chi connectivity index (χ1v) is 10.3. The quantitative estimate of drug-likeness (QED) is 0.314. The monoisotopic (exact) mass is 470 g/mol. The summed E-state index contributed by atoms with van der Waals surface area (Å²) in [5, 5.41) is 4.75. The summed E-state index contributed by atoms with van der Waals surface area (Å²) < 4.78 is 48.9. The molecule has 2 N–H and O–H groups in total. The van der Waals surface area contributed by atoms with Crippen molar-refractivity contribution in [3.63, 3.8) is 0 Å². The number of alkyl halides is 3. The smallest absolute Gasteiger partial charge is 0.418 e. The van der Waals surface area contributed by atoms with Crippen LogP contribution in [0.15, 0.2) is 53.4 Å². The third-order valence-corrected chi connectivity index (χ3v) is 5.01. The Bertz CT molecular complexity index is 953. The van der Waals surface area contributed by atoms with E-state index >= 15 is 0 Å². The fourth-order valence-corrected chi connectivity index (χ4v) is 3.35. The summed E-state index contributed by atoms with van der Waals surface area (Å²) in [6.45, 7) is -0.0531. The Morgan fingerprint density at radius 1 is 1.00 bits per heavy atom. The zero-order valence-electron chi connectivity index (χ0n) is 17.0. The molecule has 2 rings (SSSR count). The highest BCUT2D eigenvalue weighted by molar-refractivity contribution is 8.00. The van der Waals surface area contributed by atoms with Crippen molar-refractivity contribution in [3.8, 4) is 0 Å². The first kappa shape index (κ1) is 25.2. The van der Waals surface area contributed by atoms with Gasteiger partial charge in [0.2, 0.25) is 5.91 Å². The molecule has 0 aliphatic carbocycles. The van der Waals surface area contributed by atoms with Gasteiger partial charge in [0.15, 0.2) is 6.61 Å². The van der Waals surface area contributed by atoms with Crippen LogP contribution in [0, 0.1) is 0 Å². The second kappa shape index (κ2) is 12.1. The Balaban J connectivity index is 1.94. The average Bonchev–Trinajstić information content (AvgIpc) is 2.76. The van der Waals surface area contributed by atoms with Crippen molar-refractivity contribution in [2.75, 3.05) is 37.9 Å². The van der Waals surface area contributed by atoms with Crippen LogP contribution in [0.2, 0.25) is 0 Å². The van der Waals surface area contributed by atoms with E-state index in [1.54, 1.807) is 18.2 Å². The SMILES string of the molecule is COCCNC(=O)CSc1ccccc1C(=O)OCC(=O)Nc1ccccc1C(F)(F)F. The van der Waals surface area contributed by atoms with E-state index in [4.69, 9.17) is 9.47 Å². The van der Waals surface area contributed by atoms with Gasteiger partial charge in [-0.3, -0.25) is 9.59 Å². The highest BCUT2D eigenvalue weighted by Crippen LogP contribution is 2.34. The van der Waals surface area contributed by atoms with Gasteiger partial charge in [-0.05, 0) is 24.3 Å². The van der Waals surface area contributed by atoms with Gasteiger partial charge in [0.25, 0.3) is 5.91 Å². The number of anilines is 1. The number of benzene rings is 2. The highest BCUT2D eigenvalue weighted by Gasteiger charge is 2.33. The number of carbonyl (C=O) groups is 3. The third kappa shape index (κ3) is 7.89. The van der Waals surface area contributed by atoms with E-state index in [1.807, 2.05) is 0 Å². The number of carbonyl (C=O) groups excluding carboxylic acids is 3. The maximum Gasteiger partial charge on any atom is 0.418 e. The molecular weight excluding hydrogens is 449 g/mol. The minimum absolute atomic E-state index is 0.0444. The maximum atomic E-state index is 13.0. The van der Waals surface area contributed by atoms with Crippen molar-refractivity contribution >= 4 is 35.2 Å². The lowest BCUT2D eigenvalue weighted by Crippen LogP contribution is -2.28. The summed E-state index contributed by atoms with van der Waals surface area (Å²) in [5.41, 5.74) is -1.31. The van der Waals surface area contributed by atoms with Crippen LogP contribution in [0.3, 0.4) is 0 Å². The Morgan fingerprint density at radius 2 is 1.69 bits per heavy atom. The van der Waals surface area contributed by atoms with Gasteiger partial charge in [0.1, 0.15) is 0 Å². The third-order valence-electron chi connectivity index (χ3n) is 3.94. The second-order valence-corrected chi connectivity index (χ2v) is 7.31. The highest BCUT2D eigenvalue weighted by atomic mass is 32.2. The van der Waals surface area contributed by atoms with Crippen molar-refractivity contribution in [2.45, 2.75) is 11.1 Å². The number of para-hydroxylation sites is 1. The molecule has 0 unspecified atom stereocenters. The number of esters is 1. The van der Waals surface area contributed by atoms with Gasteiger partial charge in [-0.15, -0.1) is 11.8 Å².